The Morgan fingerprint density at radius 3 is 2.50 bits per heavy atom. The minimum Gasteiger partial charge on any atom is -0.356 e. The van der Waals surface area contributed by atoms with Crippen LogP contribution in [0.3, 0.4) is 0 Å². The molecule has 0 spiro atoms. The van der Waals surface area contributed by atoms with Gasteiger partial charge in [0.05, 0.1) is 0 Å². The lowest BCUT2D eigenvalue weighted by molar-refractivity contribution is 0.378. The molecular formula is C19H20ClFIN5O. The van der Waals surface area contributed by atoms with Crippen molar-refractivity contribution in [2.45, 2.75) is 13.0 Å². The molecule has 0 atom stereocenters. The predicted octanol–water partition coefficient (Wildman–Crippen LogP) is 4.05. The molecule has 3 aromatic rings. The Hall–Kier alpha value is -2.20. The van der Waals surface area contributed by atoms with Crippen LogP contribution in [-0.2, 0) is 13.0 Å². The number of benzene rings is 2. The van der Waals surface area contributed by atoms with Gasteiger partial charge in [0.2, 0.25) is 11.7 Å². The summed E-state index contributed by atoms with van der Waals surface area (Å²) in [7, 11) is 1.69. The number of halogens is 3. The third-order valence-corrected chi connectivity index (χ3v) is 4.05. The summed E-state index contributed by atoms with van der Waals surface area (Å²) in [5, 5.41) is 11.0. The van der Waals surface area contributed by atoms with E-state index >= 15 is 0 Å². The molecule has 1 aromatic heterocycles. The smallest absolute Gasteiger partial charge is 0.228 e. The Morgan fingerprint density at radius 2 is 1.82 bits per heavy atom. The van der Waals surface area contributed by atoms with Gasteiger partial charge in [0.1, 0.15) is 5.82 Å². The lowest BCUT2D eigenvalue weighted by Crippen LogP contribution is -2.37. The van der Waals surface area contributed by atoms with Crippen LogP contribution >= 0.6 is 35.6 Å². The van der Waals surface area contributed by atoms with Crippen LogP contribution in [-0.4, -0.2) is 29.7 Å². The van der Waals surface area contributed by atoms with E-state index in [9.17, 15) is 4.39 Å². The van der Waals surface area contributed by atoms with Crippen molar-refractivity contribution >= 4 is 41.5 Å². The molecule has 148 valence electrons. The summed E-state index contributed by atoms with van der Waals surface area (Å²) < 4.78 is 18.2. The highest BCUT2D eigenvalue weighted by Gasteiger charge is 2.08. The highest BCUT2D eigenvalue weighted by Crippen LogP contribution is 2.18. The van der Waals surface area contributed by atoms with Gasteiger partial charge in [0.15, 0.2) is 5.96 Å². The van der Waals surface area contributed by atoms with Gasteiger partial charge in [0.25, 0.3) is 0 Å². The number of hydrogen-bond acceptors (Lipinski definition) is 4. The van der Waals surface area contributed by atoms with Gasteiger partial charge in [-0.2, -0.15) is 4.98 Å². The highest BCUT2D eigenvalue weighted by atomic mass is 127. The van der Waals surface area contributed by atoms with Crippen LogP contribution in [0, 0.1) is 5.82 Å². The predicted molar refractivity (Wildman–Crippen MR) is 118 cm³/mol. The van der Waals surface area contributed by atoms with E-state index in [1.165, 1.54) is 12.1 Å². The molecule has 0 radical (unpaired) electrons. The lowest BCUT2D eigenvalue weighted by Gasteiger charge is -2.11. The lowest BCUT2D eigenvalue weighted by atomic mass is 10.2. The fourth-order valence-corrected chi connectivity index (χ4v) is 2.50. The molecule has 0 bridgehead atoms. The number of nitrogens with zero attached hydrogens (tertiary/aromatic N) is 3. The van der Waals surface area contributed by atoms with E-state index in [4.69, 9.17) is 16.1 Å². The van der Waals surface area contributed by atoms with Gasteiger partial charge < -0.3 is 15.2 Å². The van der Waals surface area contributed by atoms with Gasteiger partial charge in [-0.3, -0.25) is 4.99 Å². The topological polar surface area (TPSA) is 75.3 Å². The number of hydrogen-bond donors (Lipinski definition) is 2. The number of aromatic nitrogens is 2. The zero-order valence-corrected chi connectivity index (χ0v) is 18.2. The first kappa shape index (κ1) is 22.1. The van der Waals surface area contributed by atoms with Crippen LogP contribution in [0.2, 0.25) is 5.02 Å². The fraction of sp³-hybridized carbons (Fsp3) is 0.211. The van der Waals surface area contributed by atoms with Crippen LogP contribution in [0.1, 0.15) is 11.5 Å². The first-order valence-electron chi connectivity index (χ1n) is 8.41. The first-order chi connectivity index (χ1) is 13.1. The van der Waals surface area contributed by atoms with E-state index in [2.05, 4.69) is 25.8 Å². The molecule has 0 aliphatic rings. The second-order valence-corrected chi connectivity index (χ2v) is 6.18. The number of aliphatic imine (C=N–C) groups is 1. The van der Waals surface area contributed by atoms with Gasteiger partial charge in [0, 0.05) is 37.1 Å². The maximum Gasteiger partial charge on any atom is 0.228 e. The first-order valence-corrected chi connectivity index (χ1v) is 8.79. The van der Waals surface area contributed by atoms with Crippen molar-refractivity contribution in [2.24, 2.45) is 4.99 Å². The average molecular weight is 516 g/mol. The van der Waals surface area contributed by atoms with Crippen molar-refractivity contribution in [3.8, 4) is 11.4 Å². The summed E-state index contributed by atoms with van der Waals surface area (Å²) >= 11 is 5.88. The summed E-state index contributed by atoms with van der Waals surface area (Å²) in [6.07, 6.45) is 0.553. The highest BCUT2D eigenvalue weighted by molar-refractivity contribution is 14.0. The van der Waals surface area contributed by atoms with Crippen LogP contribution in [0.15, 0.2) is 58.0 Å². The Morgan fingerprint density at radius 1 is 1.11 bits per heavy atom. The molecule has 0 aliphatic heterocycles. The second kappa shape index (κ2) is 11.0. The zero-order valence-electron chi connectivity index (χ0n) is 15.2. The van der Waals surface area contributed by atoms with Crippen molar-refractivity contribution in [1.29, 1.82) is 0 Å². The second-order valence-electron chi connectivity index (χ2n) is 5.75. The SMILES string of the molecule is CN=C(NCCc1nc(-c2ccc(Cl)cc2)no1)NCc1ccc(F)cc1.I. The molecule has 0 fully saturated rings. The normalized spacial score (nSPS) is 11.0. The van der Waals surface area contributed by atoms with Crippen molar-refractivity contribution in [3.63, 3.8) is 0 Å². The van der Waals surface area contributed by atoms with E-state index in [1.807, 2.05) is 12.1 Å². The minimum atomic E-state index is -0.251. The number of rotatable bonds is 6. The zero-order chi connectivity index (χ0) is 19.1. The maximum atomic E-state index is 12.9. The molecule has 2 aromatic carbocycles. The standard InChI is InChI=1S/C19H19ClFN5O.HI/c1-22-19(24-12-13-2-8-16(21)9-3-13)23-11-10-17-25-18(26-27-17)14-4-6-15(20)7-5-14;/h2-9H,10-12H2,1H3,(H2,22,23,24);1H. The molecule has 1 heterocycles. The summed E-state index contributed by atoms with van der Waals surface area (Å²) in [6.45, 7) is 1.12. The third-order valence-electron chi connectivity index (χ3n) is 3.80. The van der Waals surface area contributed by atoms with Gasteiger partial charge in [-0.15, -0.1) is 24.0 Å². The van der Waals surface area contributed by atoms with E-state index in [1.54, 1.807) is 31.3 Å². The summed E-state index contributed by atoms with van der Waals surface area (Å²) in [4.78, 5) is 8.53. The molecule has 9 heteroatoms. The Labute approximate surface area is 184 Å². The molecule has 0 amide bonds. The van der Waals surface area contributed by atoms with E-state index in [0.29, 0.717) is 42.2 Å². The van der Waals surface area contributed by atoms with E-state index < -0.39 is 0 Å². The van der Waals surface area contributed by atoms with Crippen molar-refractivity contribution < 1.29 is 8.91 Å². The summed E-state index contributed by atoms with van der Waals surface area (Å²) in [5.41, 5.74) is 1.81. The molecule has 0 saturated heterocycles. The number of nitrogens with one attached hydrogen (secondary N) is 2. The largest absolute Gasteiger partial charge is 0.356 e. The molecule has 3 rings (SSSR count). The molecule has 2 N–H and O–H groups in total. The van der Waals surface area contributed by atoms with Crippen LogP contribution in [0.4, 0.5) is 4.39 Å². The molecule has 6 nitrogen and oxygen atoms in total. The van der Waals surface area contributed by atoms with E-state index in [-0.39, 0.29) is 29.8 Å². The molecule has 0 saturated carbocycles. The molecule has 0 unspecified atom stereocenters. The molecule has 0 aliphatic carbocycles. The van der Waals surface area contributed by atoms with Crippen LogP contribution in [0.25, 0.3) is 11.4 Å². The van der Waals surface area contributed by atoms with Crippen molar-refractivity contribution in [3.05, 3.63) is 70.8 Å². The fourth-order valence-electron chi connectivity index (χ4n) is 2.37. The third kappa shape index (κ3) is 6.45. The molecular weight excluding hydrogens is 496 g/mol. The van der Waals surface area contributed by atoms with Crippen molar-refractivity contribution in [2.75, 3.05) is 13.6 Å². The monoisotopic (exact) mass is 515 g/mol. The van der Waals surface area contributed by atoms with Crippen molar-refractivity contribution in [1.82, 2.24) is 20.8 Å². The van der Waals surface area contributed by atoms with Crippen LogP contribution < -0.4 is 10.6 Å². The Bertz CT molecular complexity index is 899. The summed E-state index contributed by atoms with van der Waals surface area (Å²) in [6, 6.07) is 13.6. The quantitative estimate of drug-likeness (QED) is 0.294. The van der Waals surface area contributed by atoms with Gasteiger partial charge in [-0.05, 0) is 42.0 Å². The minimum absolute atomic E-state index is 0. The Kier molecular flexibility index (Phi) is 8.65. The summed E-state index contributed by atoms with van der Waals surface area (Å²) in [5.74, 6) is 1.44. The number of guanidine groups is 1. The maximum absolute atomic E-state index is 12.9. The van der Waals surface area contributed by atoms with Gasteiger partial charge >= 0.3 is 0 Å². The average Bonchev–Trinajstić information content (AvgIpc) is 3.15. The Balaban J connectivity index is 0.00000280. The van der Waals surface area contributed by atoms with Crippen LogP contribution in [0.5, 0.6) is 0 Å². The van der Waals surface area contributed by atoms with E-state index in [0.717, 1.165) is 11.1 Å². The molecule has 28 heavy (non-hydrogen) atoms. The van der Waals surface area contributed by atoms with Gasteiger partial charge in [-0.1, -0.05) is 28.9 Å². The van der Waals surface area contributed by atoms with Gasteiger partial charge in [-0.25, -0.2) is 4.39 Å².